The van der Waals surface area contributed by atoms with Crippen LogP contribution in [-0.2, 0) is 9.47 Å². The molecular formula is C16H13N3O5. The molecule has 1 aromatic heterocycles. The molecule has 0 spiro atoms. The van der Waals surface area contributed by atoms with E-state index in [-0.39, 0.29) is 13.2 Å². The van der Waals surface area contributed by atoms with E-state index in [1.54, 1.807) is 54.6 Å². The minimum Gasteiger partial charge on any atom is -0.458 e. The molecule has 0 aliphatic rings. The molecule has 0 saturated heterocycles. The molecule has 0 aliphatic carbocycles. The summed E-state index contributed by atoms with van der Waals surface area (Å²) >= 11 is 0. The van der Waals surface area contributed by atoms with Crippen LogP contribution in [0.15, 0.2) is 54.6 Å². The molecule has 0 aliphatic heterocycles. The summed E-state index contributed by atoms with van der Waals surface area (Å²) in [5, 5.41) is 7.53. The van der Waals surface area contributed by atoms with Crippen molar-refractivity contribution in [2.45, 2.75) is 0 Å². The average molecular weight is 327 g/mol. The summed E-state index contributed by atoms with van der Waals surface area (Å²) in [6.07, 6.45) is -0.971. The highest BCUT2D eigenvalue weighted by atomic mass is 16.8. The predicted molar refractivity (Wildman–Crippen MR) is 82.2 cm³/mol. The molecule has 2 aromatic carbocycles. The molecule has 0 fully saturated rings. The Morgan fingerprint density at radius 2 is 1.62 bits per heavy atom. The van der Waals surface area contributed by atoms with Crippen LogP contribution in [0, 0.1) is 0 Å². The van der Waals surface area contributed by atoms with E-state index in [4.69, 9.17) is 14.3 Å². The van der Waals surface area contributed by atoms with Gasteiger partial charge in [0.25, 0.3) is 0 Å². The molecule has 1 heterocycles. The molecule has 3 aromatic rings. The van der Waals surface area contributed by atoms with Crippen LogP contribution >= 0.6 is 0 Å². The van der Waals surface area contributed by atoms with Gasteiger partial charge in [-0.15, -0.1) is 5.10 Å². The first-order chi connectivity index (χ1) is 11.7. The van der Waals surface area contributed by atoms with Gasteiger partial charge in [-0.2, -0.15) is 0 Å². The molecule has 3 rings (SSSR count). The third-order valence-corrected chi connectivity index (χ3v) is 3.03. The van der Waals surface area contributed by atoms with Crippen molar-refractivity contribution in [3.63, 3.8) is 0 Å². The van der Waals surface area contributed by atoms with Crippen molar-refractivity contribution in [1.82, 2.24) is 15.2 Å². The third-order valence-electron chi connectivity index (χ3n) is 3.03. The topological polar surface area (TPSA) is 92.5 Å². The van der Waals surface area contributed by atoms with E-state index < -0.39 is 12.1 Å². The Labute approximate surface area is 136 Å². The molecule has 0 radical (unpaired) electrons. The predicted octanol–water partition coefficient (Wildman–Crippen LogP) is 1.85. The van der Waals surface area contributed by atoms with Gasteiger partial charge in [0.1, 0.15) is 24.2 Å². The number of carbonyl (C=O) groups is 2. The molecule has 0 saturated carbocycles. The number of benzene rings is 2. The number of ether oxygens (including phenoxy) is 2. The second kappa shape index (κ2) is 7.23. The van der Waals surface area contributed by atoms with E-state index >= 15 is 0 Å². The molecule has 8 heteroatoms. The maximum atomic E-state index is 11.7. The Morgan fingerprint density at radius 3 is 2.46 bits per heavy atom. The van der Waals surface area contributed by atoms with Crippen LogP contribution in [-0.4, -0.2) is 40.5 Å². The van der Waals surface area contributed by atoms with Gasteiger partial charge in [-0.1, -0.05) is 35.2 Å². The van der Waals surface area contributed by atoms with Crippen molar-refractivity contribution >= 4 is 23.2 Å². The first-order valence-corrected chi connectivity index (χ1v) is 7.12. The average Bonchev–Trinajstić information content (AvgIpc) is 3.02. The van der Waals surface area contributed by atoms with Gasteiger partial charge in [-0.3, -0.25) is 4.84 Å². The number of aromatic nitrogens is 3. The molecule has 8 nitrogen and oxygen atoms in total. The molecule has 0 atom stereocenters. The van der Waals surface area contributed by atoms with Crippen molar-refractivity contribution in [1.29, 1.82) is 0 Å². The summed E-state index contributed by atoms with van der Waals surface area (Å²) < 4.78 is 9.80. The Balaban J connectivity index is 1.44. The minimum absolute atomic E-state index is 0.0824. The monoisotopic (exact) mass is 327 g/mol. The van der Waals surface area contributed by atoms with Crippen LogP contribution in [0.1, 0.15) is 10.4 Å². The van der Waals surface area contributed by atoms with Crippen LogP contribution in [0.2, 0.25) is 0 Å². The maximum Gasteiger partial charge on any atom is 0.535 e. The fourth-order valence-corrected chi connectivity index (χ4v) is 1.93. The van der Waals surface area contributed by atoms with Crippen LogP contribution in [0.4, 0.5) is 4.79 Å². The molecular weight excluding hydrogens is 314 g/mol. The van der Waals surface area contributed by atoms with E-state index in [2.05, 4.69) is 10.3 Å². The van der Waals surface area contributed by atoms with Gasteiger partial charge in [-0.05, 0) is 29.5 Å². The van der Waals surface area contributed by atoms with E-state index in [0.717, 1.165) is 4.85 Å². The second-order valence-electron chi connectivity index (χ2n) is 4.64. The van der Waals surface area contributed by atoms with E-state index in [9.17, 15) is 9.59 Å². The zero-order valence-electron chi connectivity index (χ0n) is 12.5. The standard InChI is InChI=1S/C16H13N3O5/c20-15(12-6-2-1-3-7-12)22-10-11-23-16(21)24-19-14-9-5-4-8-13(14)17-18-19/h1-9H,10-11H2. The summed E-state index contributed by atoms with van der Waals surface area (Å²) in [4.78, 5) is 29.1. The normalized spacial score (nSPS) is 10.3. The fourth-order valence-electron chi connectivity index (χ4n) is 1.93. The van der Waals surface area contributed by atoms with E-state index in [1.165, 1.54) is 0 Å². The lowest BCUT2D eigenvalue weighted by Gasteiger charge is -2.06. The maximum absolute atomic E-state index is 11.7. The molecule has 0 N–H and O–H groups in total. The summed E-state index contributed by atoms with van der Waals surface area (Å²) in [6.45, 7) is -0.217. The molecule has 0 amide bonds. The van der Waals surface area contributed by atoms with Crippen LogP contribution in [0.25, 0.3) is 11.0 Å². The van der Waals surface area contributed by atoms with Crippen molar-refractivity contribution in [3.05, 3.63) is 60.2 Å². The van der Waals surface area contributed by atoms with Gasteiger partial charge < -0.3 is 9.47 Å². The first-order valence-electron chi connectivity index (χ1n) is 7.12. The van der Waals surface area contributed by atoms with Gasteiger partial charge >= 0.3 is 12.1 Å². The third kappa shape index (κ3) is 3.67. The van der Waals surface area contributed by atoms with Gasteiger partial charge in [0.15, 0.2) is 0 Å². The highest BCUT2D eigenvalue weighted by molar-refractivity contribution is 5.89. The zero-order valence-corrected chi connectivity index (χ0v) is 12.5. The number of nitrogens with zero attached hydrogens (tertiary/aromatic N) is 3. The number of hydrogen-bond donors (Lipinski definition) is 0. The molecule has 122 valence electrons. The Bertz CT molecular complexity index is 847. The van der Waals surface area contributed by atoms with Crippen molar-refractivity contribution in [2.75, 3.05) is 13.2 Å². The number of esters is 1. The quantitative estimate of drug-likeness (QED) is 0.401. The van der Waals surface area contributed by atoms with Crippen LogP contribution in [0.5, 0.6) is 0 Å². The summed E-state index contributed by atoms with van der Waals surface area (Å²) in [5.41, 5.74) is 1.54. The number of fused-ring (bicyclic) bond motifs is 1. The Hall–Kier alpha value is -3.42. The fraction of sp³-hybridized carbons (Fsp3) is 0.125. The smallest absolute Gasteiger partial charge is 0.458 e. The summed E-state index contributed by atoms with van der Waals surface area (Å²) in [5.74, 6) is -0.491. The molecule has 0 unspecified atom stereocenters. The summed E-state index contributed by atoms with van der Waals surface area (Å²) in [7, 11) is 0. The first kappa shape index (κ1) is 15.5. The highest BCUT2D eigenvalue weighted by Crippen LogP contribution is 2.08. The van der Waals surface area contributed by atoms with E-state index in [0.29, 0.717) is 16.6 Å². The van der Waals surface area contributed by atoms with Gasteiger partial charge in [0, 0.05) is 0 Å². The Morgan fingerprint density at radius 1 is 0.917 bits per heavy atom. The Kier molecular flexibility index (Phi) is 4.66. The lowest BCUT2D eigenvalue weighted by atomic mass is 10.2. The number of hydrogen-bond acceptors (Lipinski definition) is 7. The van der Waals surface area contributed by atoms with E-state index in [1.807, 2.05) is 0 Å². The number of para-hydroxylation sites is 1. The largest absolute Gasteiger partial charge is 0.535 e. The lowest BCUT2D eigenvalue weighted by Crippen LogP contribution is -2.23. The van der Waals surface area contributed by atoms with Crippen molar-refractivity contribution in [3.8, 4) is 0 Å². The van der Waals surface area contributed by atoms with Gasteiger partial charge in [0.05, 0.1) is 5.56 Å². The van der Waals surface area contributed by atoms with Crippen molar-refractivity contribution in [2.24, 2.45) is 0 Å². The number of rotatable bonds is 5. The number of carbonyl (C=O) groups excluding carboxylic acids is 2. The zero-order chi connectivity index (χ0) is 16.8. The minimum atomic E-state index is -0.971. The SMILES string of the molecule is O=C(OCCOC(=O)c1ccccc1)On1nnc2ccccc21. The molecule has 0 bridgehead atoms. The summed E-state index contributed by atoms with van der Waals surface area (Å²) in [6, 6.07) is 15.5. The second-order valence-corrected chi connectivity index (χ2v) is 4.64. The van der Waals surface area contributed by atoms with Gasteiger partial charge in [-0.25, -0.2) is 9.59 Å². The van der Waals surface area contributed by atoms with Crippen LogP contribution in [0.3, 0.4) is 0 Å². The van der Waals surface area contributed by atoms with Gasteiger partial charge in [0.2, 0.25) is 0 Å². The lowest BCUT2D eigenvalue weighted by molar-refractivity contribution is 0.0161. The highest BCUT2D eigenvalue weighted by Gasteiger charge is 2.11. The van der Waals surface area contributed by atoms with Crippen molar-refractivity contribution < 1.29 is 23.9 Å². The van der Waals surface area contributed by atoms with Crippen LogP contribution < -0.4 is 4.84 Å². The molecule has 24 heavy (non-hydrogen) atoms.